The number of nitrogens with one attached hydrogen (secondary N) is 1. The van der Waals surface area contributed by atoms with Crippen molar-refractivity contribution in [3.8, 4) is 0 Å². The smallest absolute Gasteiger partial charge is 0.319 e. The highest BCUT2D eigenvalue weighted by atomic mass is 19.1. The number of carbonyl (C=O) groups excluding carboxylic acids is 2. The maximum absolute atomic E-state index is 13.9. The molecule has 3 aromatic rings. The number of benzene rings is 3. The zero-order chi connectivity index (χ0) is 18.3. The van der Waals surface area contributed by atoms with Gasteiger partial charge in [0, 0.05) is 5.56 Å². The van der Waals surface area contributed by atoms with Gasteiger partial charge in [-0.05, 0) is 35.4 Å². The fourth-order valence-electron chi connectivity index (χ4n) is 3.33. The molecule has 0 bridgehead atoms. The molecule has 130 valence electrons. The largest absolute Gasteiger partial charge is 0.325 e. The molecule has 0 aliphatic carbocycles. The fourth-order valence-corrected chi connectivity index (χ4v) is 3.33. The summed E-state index contributed by atoms with van der Waals surface area (Å²) in [6.07, 6.45) is 0. The first kappa shape index (κ1) is 16.3. The molecule has 26 heavy (non-hydrogen) atoms. The summed E-state index contributed by atoms with van der Waals surface area (Å²) in [7, 11) is 0. The molecule has 1 saturated heterocycles. The quantitative estimate of drug-likeness (QED) is 0.729. The Morgan fingerprint density at radius 2 is 1.65 bits per heavy atom. The van der Waals surface area contributed by atoms with Crippen molar-refractivity contribution in [1.82, 2.24) is 10.2 Å². The predicted molar refractivity (Wildman–Crippen MR) is 96.8 cm³/mol. The number of nitrogens with zero attached hydrogens (tertiary/aromatic N) is 1. The molecule has 1 N–H and O–H groups in total. The summed E-state index contributed by atoms with van der Waals surface area (Å²) < 4.78 is 13.9. The van der Waals surface area contributed by atoms with Crippen molar-refractivity contribution in [2.45, 2.75) is 19.0 Å². The second kappa shape index (κ2) is 5.95. The number of fused-ring (bicyclic) bond motifs is 1. The van der Waals surface area contributed by atoms with Crippen LogP contribution in [0.3, 0.4) is 0 Å². The molecule has 0 spiro atoms. The standard InChI is InChI=1S/C21H17FN2O2/c1-21(17-11-10-14-6-2-3-7-15(14)12-17)19(25)24(20(26)23-21)13-16-8-4-5-9-18(16)22/h2-12H,13H2,1H3,(H,23,26)/t21-/m1/s1. The van der Waals surface area contributed by atoms with Gasteiger partial charge in [-0.15, -0.1) is 0 Å². The molecule has 0 aromatic heterocycles. The maximum Gasteiger partial charge on any atom is 0.325 e. The van der Waals surface area contributed by atoms with Gasteiger partial charge in [-0.3, -0.25) is 9.69 Å². The minimum absolute atomic E-state index is 0.0967. The van der Waals surface area contributed by atoms with Gasteiger partial charge in [0.05, 0.1) is 6.54 Å². The second-order valence-corrected chi connectivity index (χ2v) is 6.60. The lowest BCUT2D eigenvalue weighted by molar-refractivity contribution is -0.131. The summed E-state index contributed by atoms with van der Waals surface area (Å²) in [5.74, 6) is -0.826. The van der Waals surface area contributed by atoms with Crippen LogP contribution in [-0.2, 0) is 16.9 Å². The summed E-state index contributed by atoms with van der Waals surface area (Å²) in [6, 6.07) is 19.1. The molecule has 0 unspecified atom stereocenters. The summed E-state index contributed by atoms with van der Waals surface area (Å²) in [5.41, 5.74) is -0.170. The molecule has 3 aromatic carbocycles. The van der Waals surface area contributed by atoms with Crippen molar-refractivity contribution in [2.24, 2.45) is 0 Å². The first-order chi connectivity index (χ1) is 12.5. The third-order valence-corrected chi connectivity index (χ3v) is 4.89. The van der Waals surface area contributed by atoms with Crippen LogP contribution < -0.4 is 5.32 Å². The highest BCUT2D eigenvalue weighted by molar-refractivity contribution is 6.07. The van der Waals surface area contributed by atoms with Crippen molar-refractivity contribution in [1.29, 1.82) is 0 Å². The Labute approximate surface area is 150 Å². The normalized spacial score (nSPS) is 19.8. The van der Waals surface area contributed by atoms with Crippen LogP contribution in [0.4, 0.5) is 9.18 Å². The lowest BCUT2D eigenvalue weighted by Crippen LogP contribution is -2.40. The molecule has 0 saturated carbocycles. The van der Waals surface area contributed by atoms with E-state index in [2.05, 4.69) is 5.32 Å². The van der Waals surface area contributed by atoms with E-state index in [0.717, 1.165) is 15.7 Å². The highest BCUT2D eigenvalue weighted by Crippen LogP contribution is 2.32. The molecular formula is C21H17FN2O2. The minimum Gasteiger partial charge on any atom is -0.319 e. The van der Waals surface area contributed by atoms with Crippen molar-refractivity contribution in [2.75, 3.05) is 0 Å². The fraction of sp³-hybridized carbons (Fsp3) is 0.143. The Morgan fingerprint density at radius 3 is 2.42 bits per heavy atom. The third-order valence-electron chi connectivity index (χ3n) is 4.89. The first-order valence-electron chi connectivity index (χ1n) is 8.36. The molecule has 0 radical (unpaired) electrons. The molecule has 4 nitrogen and oxygen atoms in total. The van der Waals surface area contributed by atoms with Crippen LogP contribution in [0, 0.1) is 5.82 Å². The van der Waals surface area contributed by atoms with Gasteiger partial charge in [-0.2, -0.15) is 0 Å². The monoisotopic (exact) mass is 348 g/mol. The summed E-state index contributed by atoms with van der Waals surface area (Å²) in [6.45, 7) is 1.58. The Hall–Kier alpha value is -3.21. The zero-order valence-corrected chi connectivity index (χ0v) is 14.2. The van der Waals surface area contributed by atoms with E-state index >= 15 is 0 Å². The van der Waals surface area contributed by atoms with Crippen molar-refractivity contribution < 1.29 is 14.0 Å². The molecule has 1 heterocycles. The minimum atomic E-state index is -1.17. The summed E-state index contributed by atoms with van der Waals surface area (Å²) >= 11 is 0. The van der Waals surface area contributed by atoms with Crippen LogP contribution in [0.1, 0.15) is 18.1 Å². The van der Waals surface area contributed by atoms with Crippen molar-refractivity contribution >= 4 is 22.7 Å². The average molecular weight is 348 g/mol. The lowest BCUT2D eigenvalue weighted by Gasteiger charge is -2.23. The van der Waals surface area contributed by atoms with Crippen molar-refractivity contribution in [3.63, 3.8) is 0 Å². The average Bonchev–Trinajstić information content (AvgIpc) is 2.87. The van der Waals surface area contributed by atoms with Crippen LogP contribution >= 0.6 is 0 Å². The number of imide groups is 1. The number of hydrogen-bond donors (Lipinski definition) is 1. The Bertz CT molecular complexity index is 1030. The number of hydrogen-bond acceptors (Lipinski definition) is 2. The Kier molecular flexibility index (Phi) is 3.72. The molecule has 1 atom stereocenters. The van der Waals surface area contributed by atoms with E-state index in [1.165, 1.54) is 6.07 Å². The van der Waals surface area contributed by atoms with Gasteiger partial charge >= 0.3 is 6.03 Å². The van der Waals surface area contributed by atoms with Gasteiger partial charge in [-0.25, -0.2) is 9.18 Å². The number of amides is 3. The summed E-state index contributed by atoms with van der Waals surface area (Å²) in [4.78, 5) is 26.5. The van der Waals surface area contributed by atoms with Crippen LogP contribution in [-0.4, -0.2) is 16.8 Å². The van der Waals surface area contributed by atoms with Gasteiger partial charge in [0.15, 0.2) is 0 Å². The van der Waals surface area contributed by atoms with Crippen LogP contribution in [0.15, 0.2) is 66.7 Å². The number of carbonyl (C=O) groups is 2. The zero-order valence-electron chi connectivity index (χ0n) is 14.2. The highest BCUT2D eigenvalue weighted by Gasteiger charge is 2.49. The number of urea groups is 1. The number of rotatable bonds is 3. The van der Waals surface area contributed by atoms with Crippen LogP contribution in [0.5, 0.6) is 0 Å². The molecule has 1 aliphatic heterocycles. The molecule has 1 fully saturated rings. The lowest BCUT2D eigenvalue weighted by atomic mass is 9.90. The second-order valence-electron chi connectivity index (χ2n) is 6.60. The van der Waals surface area contributed by atoms with Crippen LogP contribution in [0.25, 0.3) is 10.8 Å². The van der Waals surface area contributed by atoms with E-state index in [0.29, 0.717) is 11.1 Å². The van der Waals surface area contributed by atoms with Gasteiger partial charge in [-0.1, -0.05) is 54.6 Å². The van der Waals surface area contributed by atoms with E-state index in [4.69, 9.17) is 0 Å². The van der Waals surface area contributed by atoms with E-state index in [-0.39, 0.29) is 12.5 Å². The molecular weight excluding hydrogens is 331 g/mol. The van der Waals surface area contributed by atoms with Gasteiger partial charge in [0.2, 0.25) is 0 Å². The van der Waals surface area contributed by atoms with E-state index in [1.54, 1.807) is 25.1 Å². The third kappa shape index (κ3) is 2.52. The van der Waals surface area contributed by atoms with Crippen LogP contribution in [0.2, 0.25) is 0 Å². The molecule has 3 amide bonds. The Balaban J connectivity index is 1.69. The Morgan fingerprint density at radius 1 is 0.962 bits per heavy atom. The van der Waals surface area contributed by atoms with E-state index in [1.807, 2.05) is 42.5 Å². The van der Waals surface area contributed by atoms with Gasteiger partial charge < -0.3 is 5.32 Å². The summed E-state index contributed by atoms with van der Waals surface area (Å²) in [5, 5.41) is 4.81. The SMILES string of the molecule is C[C@]1(c2ccc3ccccc3c2)NC(=O)N(Cc2ccccc2F)C1=O. The maximum atomic E-state index is 13.9. The molecule has 1 aliphatic rings. The van der Waals surface area contributed by atoms with Gasteiger partial charge in [0.1, 0.15) is 11.4 Å². The molecule has 4 rings (SSSR count). The van der Waals surface area contributed by atoms with Crippen molar-refractivity contribution in [3.05, 3.63) is 83.7 Å². The van der Waals surface area contributed by atoms with E-state index < -0.39 is 17.4 Å². The predicted octanol–water partition coefficient (Wildman–Crippen LogP) is 3.95. The topological polar surface area (TPSA) is 49.4 Å². The first-order valence-corrected chi connectivity index (χ1v) is 8.36. The number of halogens is 1. The van der Waals surface area contributed by atoms with Gasteiger partial charge in [0.25, 0.3) is 5.91 Å². The molecule has 5 heteroatoms. The van der Waals surface area contributed by atoms with E-state index in [9.17, 15) is 14.0 Å².